The van der Waals surface area contributed by atoms with Crippen molar-refractivity contribution >= 4 is 0 Å². The van der Waals surface area contributed by atoms with Crippen molar-refractivity contribution in [3.05, 3.63) is 0 Å². The Kier molecular flexibility index (Phi) is 4.59. The van der Waals surface area contributed by atoms with Gasteiger partial charge in [-0.2, -0.15) is 0 Å². The molecule has 25 rings (SSSR count). The maximum Gasteiger partial charge on any atom is -0.0147 e. The third-order valence-electron chi connectivity index (χ3n) is 49.9. The quantitative estimate of drug-likeness (QED) is 0.227. The van der Waals surface area contributed by atoms with E-state index in [4.69, 9.17) is 0 Å². The Morgan fingerprint density at radius 3 is 0.616 bits per heavy atom. The predicted molar refractivity (Wildman–Crippen MR) is 285 cm³/mol. The average molecular weight is 978 g/mol. The second-order valence-electron chi connectivity index (χ2n) is 41.0. The van der Waals surface area contributed by atoms with Crippen LogP contribution in [0.25, 0.3) is 0 Å². The van der Waals surface area contributed by atoms with Gasteiger partial charge in [-0.1, -0.05) is 153 Å². The van der Waals surface area contributed by atoms with Crippen LogP contribution in [0.3, 0.4) is 0 Å². The Labute approximate surface area is 443 Å². The van der Waals surface area contributed by atoms with Gasteiger partial charge in [0.15, 0.2) is 0 Å². The van der Waals surface area contributed by atoms with E-state index in [-0.39, 0.29) is 7.43 Å². The SMILES string of the molecule is C.CC12C3CC1C1C4C5C6C7C8C9C%10C%11C%12C%13C%14C%15C%16C%17C%18C%19C%20C%21C%22C%23CC%24CC(C3)C%24%23C%22(C)C%21(C)C%20(C)C%19(C)C%18(C)C%17(C)C%16(C)C%15(C)C%14(C)C%13(C)C%12(C)C%11(C)C%10(C)C9(C)C8(C)C7(C)C6(C)C5(C)C4(C)C12C. The van der Waals surface area contributed by atoms with Crippen molar-refractivity contribution in [2.45, 2.75) is 179 Å². The summed E-state index contributed by atoms with van der Waals surface area (Å²) in [6, 6.07) is 0. The van der Waals surface area contributed by atoms with E-state index in [1.165, 1.54) is 0 Å². The van der Waals surface area contributed by atoms with Crippen LogP contribution >= 0.6 is 0 Å². The maximum atomic E-state index is 3.06. The molecule has 0 N–H and O–H groups in total. The molecule has 0 bridgehead atoms. The molecule has 47 atom stereocenters. The lowest BCUT2D eigenvalue weighted by Gasteiger charge is -3.18. The van der Waals surface area contributed by atoms with Crippen molar-refractivity contribution in [1.29, 1.82) is 0 Å². The van der Waals surface area contributed by atoms with Gasteiger partial charge in [0.2, 0.25) is 0 Å². The van der Waals surface area contributed by atoms with Gasteiger partial charge in [0.25, 0.3) is 0 Å². The molecule has 0 aromatic carbocycles. The van der Waals surface area contributed by atoms with Gasteiger partial charge in [0.1, 0.15) is 0 Å². The Morgan fingerprint density at radius 2 is 0.356 bits per heavy atom. The van der Waals surface area contributed by atoms with Gasteiger partial charge in [-0.25, -0.2) is 0 Å². The Hall–Kier alpha value is 0. The first kappa shape index (κ1) is 41.1. The second kappa shape index (κ2) is 8.15. The van der Waals surface area contributed by atoms with Crippen LogP contribution in [0.15, 0.2) is 0 Å². The predicted octanol–water partition coefficient (Wildman–Crippen LogP) is 16.0. The standard InChI is InChI=1S/C72H96.CH4/c1-51-26-22-27-23-28-25-30-32-34-36-38-40-42-44-46-48-50-49-47-45-43-41-39-37-35-33-31(29(51)24-26)52(51,2)53(33,3)54(35,4)55(37,5)56(39,6)57(41,7)58(43,8)59(45,9)60(47,10)61(49,11)62(50,12)63(48,13)64(46,14)65(44,15)66(42,16)67(40,17)68(38,18)69(36,19)70(34,20)71(32,21)72(27,28)30;/h26-50H,22-25H2,1-21H3;1H4. The number of hydrogen-bond donors (Lipinski definition) is 0. The molecule has 0 aromatic rings. The summed E-state index contributed by atoms with van der Waals surface area (Å²) in [6.45, 7) is 63.8. The number of hydrogen-bond acceptors (Lipinski definition) is 0. The van der Waals surface area contributed by atoms with Gasteiger partial charge in [-0.3, -0.25) is 0 Å². The van der Waals surface area contributed by atoms with E-state index in [0.29, 0.717) is 114 Å². The summed E-state index contributed by atoms with van der Waals surface area (Å²) >= 11 is 0. The molecule has 0 saturated heterocycles. The fourth-order valence-corrected chi connectivity index (χ4v) is 48.5. The lowest BCUT2D eigenvalue weighted by molar-refractivity contribution is -0.717. The van der Waals surface area contributed by atoms with Gasteiger partial charge in [-0.15, -0.1) is 0 Å². The molecule has 392 valence electrons. The molecule has 1 spiro atoms. The zero-order valence-electron chi connectivity index (χ0n) is 49.3. The molecule has 0 amide bonds. The lowest BCUT2D eigenvalue weighted by Crippen LogP contribution is -3.15. The largest absolute Gasteiger partial charge is 0.0776 e. The molecule has 0 heteroatoms. The minimum absolute atomic E-state index is 0. The van der Waals surface area contributed by atoms with E-state index in [1.807, 2.05) is 0 Å². The molecule has 47 unspecified atom stereocenters. The maximum absolute atomic E-state index is 3.06. The second-order valence-corrected chi connectivity index (χ2v) is 41.0. The topological polar surface area (TPSA) is 0 Å². The van der Waals surface area contributed by atoms with E-state index >= 15 is 0 Å². The van der Waals surface area contributed by atoms with Crippen LogP contribution in [0.4, 0.5) is 0 Å². The highest BCUT2D eigenvalue weighted by atomic mass is 15.2. The van der Waals surface area contributed by atoms with Crippen LogP contribution in [0.5, 0.6) is 0 Å². The molecule has 25 aliphatic carbocycles. The molecule has 0 aromatic heterocycles. The fourth-order valence-electron chi connectivity index (χ4n) is 48.5. The van der Waals surface area contributed by atoms with Crippen molar-refractivity contribution in [3.8, 4) is 0 Å². The zero-order chi connectivity index (χ0) is 49.3. The molecule has 73 heavy (non-hydrogen) atoms. The van der Waals surface area contributed by atoms with Gasteiger partial charge in [0, 0.05) is 0 Å². The van der Waals surface area contributed by atoms with Crippen LogP contribution in [-0.4, -0.2) is 0 Å². The smallest absolute Gasteiger partial charge is 0.0147 e. The third kappa shape index (κ3) is 1.83. The third-order valence-corrected chi connectivity index (χ3v) is 49.9. The number of fused-ring (bicyclic) bond motifs is 21. The van der Waals surface area contributed by atoms with Crippen molar-refractivity contribution in [2.75, 3.05) is 0 Å². The molecule has 0 nitrogen and oxygen atoms in total. The summed E-state index contributed by atoms with van der Waals surface area (Å²) in [5, 5.41) is 0. The summed E-state index contributed by atoms with van der Waals surface area (Å²) in [7, 11) is 0. The first-order valence-corrected chi connectivity index (χ1v) is 33.2. The van der Waals surface area contributed by atoms with Crippen molar-refractivity contribution < 1.29 is 0 Å². The summed E-state index contributed by atoms with van der Waals surface area (Å²) in [5.41, 5.74) is 11.9. The average Bonchev–Trinajstić information content (AvgIpc) is 3.35. The van der Waals surface area contributed by atoms with Crippen molar-refractivity contribution in [1.82, 2.24) is 0 Å². The summed E-state index contributed by atoms with van der Waals surface area (Å²) in [5.74, 6) is 26.5. The molecule has 25 aliphatic rings. The van der Waals surface area contributed by atoms with Crippen LogP contribution in [0.1, 0.15) is 179 Å². The van der Waals surface area contributed by atoms with E-state index in [1.54, 1.807) is 25.7 Å². The Morgan fingerprint density at radius 1 is 0.178 bits per heavy atom. The zero-order valence-corrected chi connectivity index (χ0v) is 49.3. The monoisotopic (exact) mass is 977 g/mol. The van der Waals surface area contributed by atoms with Crippen LogP contribution in [-0.2, 0) is 0 Å². The molecule has 0 heterocycles. The van der Waals surface area contributed by atoms with Crippen LogP contribution in [0.2, 0.25) is 0 Å². The normalized spacial score (nSPS) is 97.0. The van der Waals surface area contributed by atoms with E-state index < -0.39 is 0 Å². The highest BCUT2D eigenvalue weighted by Gasteiger charge is 3.19. The molecule has 0 aliphatic heterocycles. The molecular formula is C73H100. The van der Waals surface area contributed by atoms with Gasteiger partial charge in [-0.05, 0) is 293 Å². The molecular weight excluding hydrogens is 877 g/mol. The highest BCUT2D eigenvalue weighted by Crippen LogP contribution is 3.22. The van der Waals surface area contributed by atoms with Crippen LogP contribution in [0, 0.1) is 267 Å². The first-order chi connectivity index (χ1) is 33.2. The summed E-state index contributed by atoms with van der Waals surface area (Å²) in [4.78, 5) is 0. The summed E-state index contributed by atoms with van der Waals surface area (Å²) in [6.07, 6.45) is 6.56. The van der Waals surface area contributed by atoms with Crippen molar-refractivity contribution in [3.63, 3.8) is 0 Å². The summed E-state index contributed by atoms with van der Waals surface area (Å²) < 4.78 is 0. The van der Waals surface area contributed by atoms with Crippen LogP contribution < -0.4 is 0 Å². The van der Waals surface area contributed by atoms with Gasteiger partial charge >= 0.3 is 0 Å². The van der Waals surface area contributed by atoms with E-state index in [0.717, 1.165) is 153 Å². The Bertz CT molecular complexity index is 3260. The minimum atomic E-state index is 0. The van der Waals surface area contributed by atoms with Gasteiger partial charge in [0.05, 0.1) is 0 Å². The lowest BCUT2D eigenvalue weighted by atomic mass is 8.86. The highest BCUT2D eigenvalue weighted by molar-refractivity contribution is 5.65. The van der Waals surface area contributed by atoms with Crippen molar-refractivity contribution in [2.24, 2.45) is 267 Å². The van der Waals surface area contributed by atoms with E-state index in [2.05, 4.69) is 145 Å². The minimum Gasteiger partial charge on any atom is -0.0776 e. The van der Waals surface area contributed by atoms with Gasteiger partial charge < -0.3 is 0 Å². The molecule has 0 radical (unpaired) electrons. The van der Waals surface area contributed by atoms with E-state index in [9.17, 15) is 0 Å². The fraction of sp³-hybridized carbons (Fsp3) is 1.00. The Balaban J connectivity index is 0.00000369. The molecule has 25 fully saturated rings. The number of rotatable bonds is 0. The first-order valence-electron chi connectivity index (χ1n) is 33.2. The molecule has 25 saturated carbocycles.